The predicted molar refractivity (Wildman–Crippen MR) is 97.2 cm³/mol. The fourth-order valence-corrected chi connectivity index (χ4v) is 2.91. The summed E-state index contributed by atoms with van der Waals surface area (Å²) in [5.41, 5.74) is 0.818. The van der Waals surface area contributed by atoms with Gasteiger partial charge < -0.3 is 19.9 Å². The molecule has 1 fully saturated rings. The number of nitrogens with zero attached hydrogens (tertiary/aromatic N) is 3. The van der Waals surface area contributed by atoms with Gasteiger partial charge in [-0.3, -0.25) is 10.1 Å². The van der Waals surface area contributed by atoms with Crippen LogP contribution in [0, 0.1) is 10.1 Å². The van der Waals surface area contributed by atoms with Gasteiger partial charge in [-0.05, 0) is 39.7 Å². The van der Waals surface area contributed by atoms with Gasteiger partial charge in [-0.2, -0.15) is 0 Å². The minimum atomic E-state index is -0.497. The van der Waals surface area contributed by atoms with Crippen molar-refractivity contribution in [3.8, 4) is 0 Å². The highest BCUT2D eigenvalue weighted by Gasteiger charge is 2.27. The Morgan fingerprint density at radius 1 is 1.38 bits per heavy atom. The first-order valence-corrected chi connectivity index (χ1v) is 8.60. The number of imidazole rings is 1. The number of rotatable bonds is 3. The summed E-state index contributed by atoms with van der Waals surface area (Å²) in [5, 5.41) is 14.2. The standard InChI is InChI=1S/C17H23N5O4/c1-17(2,3)26-16(23)21-8-6-11(7-9-21)18-15-19-13-5-4-12(22(24)25)10-14(13)20-15/h4-5,10-11H,6-9H2,1-3H3,(H2,18,19,20). The zero-order chi connectivity index (χ0) is 18.9. The van der Waals surface area contributed by atoms with E-state index in [1.54, 1.807) is 11.0 Å². The number of nitro groups is 1. The zero-order valence-electron chi connectivity index (χ0n) is 15.1. The van der Waals surface area contributed by atoms with Gasteiger partial charge >= 0.3 is 6.09 Å². The van der Waals surface area contributed by atoms with Gasteiger partial charge in [-0.15, -0.1) is 0 Å². The third kappa shape index (κ3) is 4.22. The second kappa shape index (κ2) is 6.81. The first-order chi connectivity index (χ1) is 12.2. The number of fused-ring (bicyclic) bond motifs is 1. The summed E-state index contributed by atoms with van der Waals surface area (Å²) >= 11 is 0. The quantitative estimate of drug-likeness (QED) is 0.640. The third-order valence-corrected chi connectivity index (χ3v) is 4.16. The molecule has 1 saturated heterocycles. The molecule has 1 aromatic heterocycles. The number of anilines is 1. The summed E-state index contributed by atoms with van der Waals surface area (Å²) in [4.78, 5) is 31.7. The van der Waals surface area contributed by atoms with Gasteiger partial charge in [0.15, 0.2) is 0 Å². The van der Waals surface area contributed by atoms with Crippen LogP contribution in [0.5, 0.6) is 0 Å². The lowest BCUT2D eigenvalue weighted by Gasteiger charge is -2.33. The Balaban J connectivity index is 1.58. The van der Waals surface area contributed by atoms with Crippen LogP contribution in [0.3, 0.4) is 0 Å². The van der Waals surface area contributed by atoms with E-state index in [1.165, 1.54) is 12.1 Å². The largest absolute Gasteiger partial charge is 0.444 e. The van der Waals surface area contributed by atoms with Crippen LogP contribution in [0.2, 0.25) is 0 Å². The fourth-order valence-electron chi connectivity index (χ4n) is 2.91. The number of hydrogen-bond acceptors (Lipinski definition) is 6. The first kappa shape index (κ1) is 18.0. The van der Waals surface area contributed by atoms with Crippen molar-refractivity contribution in [1.29, 1.82) is 0 Å². The number of H-pyrrole nitrogens is 1. The number of likely N-dealkylation sites (tertiary alicyclic amines) is 1. The summed E-state index contributed by atoms with van der Waals surface area (Å²) in [6, 6.07) is 4.70. The van der Waals surface area contributed by atoms with Gasteiger partial charge in [0.05, 0.1) is 16.0 Å². The van der Waals surface area contributed by atoms with Crippen molar-refractivity contribution in [3.63, 3.8) is 0 Å². The first-order valence-electron chi connectivity index (χ1n) is 8.60. The van der Waals surface area contributed by atoms with Crippen molar-refractivity contribution in [2.75, 3.05) is 18.4 Å². The number of aromatic amines is 1. The number of amides is 1. The van der Waals surface area contributed by atoms with E-state index >= 15 is 0 Å². The maximum absolute atomic E-state index is 12.1. The second-order valence-corrected chi connectivity index (χ2v) is 7.43. The van der Waals surface area contributed by atoms with E-state index in [4.69, 9.17) is 4.74 Å². The van der Waals surface area contributed by atoms with Crippen molar-refractivity contribution >= 4 is 28.8 Å². The SMILES string of the molecule is CC(C)(C)OC(=O)N1CCC(Nc2nc3ccc([N+](=O)[O-])cc3[nH]2)CC1. The molecule has 0 bridgehead atoms. The van der Waals surface area contributed by atoms with E-state index < -0.39 is 10.5 Å². The van der Waals surface area contributed by atoms with Crippen LogP contribution >= 0.6 is 0 Å². The molecule has 9 heteroatoms. The smallest absolute Gasteiger partial charge is 0.410 e. The Morgan fingerprint density at radius 2 is 2.08 bits per heavy atom. The van der Waals surface area contributed by atoms with Crippen LogP contribution in [-0.2, 0) is 4.74 Å². The number of carbonyl (C=O) groups excluding carboxylic acids is 1. The Bertz CT molecular complexity index is 818. The topological polar surface area (TPSA) is 113 Å². The van der Waals surface area contributed by atoms with Gasteiger partial charge in [-0.1, -0.05) is 0 Å². The molecule has 26 heavy (non-hydrogen) atoms. The molecular weight excluding hydrogens is 338 g/mol. The van der Waals surface area contributed by atoms with Crippen molar-refractivity contribution in [3.05, 3.63) is 28.3 Å². The highest BCUT2D eigenvalue weighted by molar-refractivity contribution is 5.80. The molecule has 0 atom stereocenters. The lowest BCUT2D eigenvalue weighted by atomic mass is 10.1. The van der Waals surface area contributed by atoms with Gasteiger partial charge in [0.2, 0.25) is 5.95 Å². The minimum absolute atomic E-state index is 0.0263. The molecular formula is C17H23N5O4. The molecule has 1 aliphatic heterocycles. The molecule has 140 valence electrons. The molecule has 2 heterocycles. The molecule has 9 nitrogen and oxygen atoms in total. The van der Waals surface area contributed by atoms with E-state index in [0.717, 1.165) is 12.8 Å². The molecule has 0 aliphatic carbocycles. The van der Waals surface area contributed by atoms with Crippen molar-refractivity contribution in [2.45, 2.75) is 45.3 Å². The summed E-state index contributed by atoms with van der Waals surface area (Å²) in [6.45, 7) is 6.78. The zero-order valence-corrected chi connectivity index (χ0v) is 15.1. The maximum Gasteiger partial charge on any atom is 0.410 e. The molecule has 0 unspecified atom stereocenters. The van der Waals surface area contributed by atoms with Gasteiger partial charge in [0, 0.05) is 31.3 Å². The number of aromatic nitrogens is 2. The molecule has 3 rings (SSSR count). The van der Waals surface area contributed by atoms with Crippen LogP contribution < -0.4 is 5.32 Å². The monoisotopic (exact) mass is 361 g/mol. The van der Waals surface area contributed by atoms with Crippen LogP contribution in [0.15, 0.2) is 18.2 Å². The van der Waals surface area contributed by atoms with Crippen molar-refractivity contribution in [2.24, 2.45) is 0 Å². The van der Waals surface area contributed by atoms with Crippen molar-refractivity contribution in [1.82, 2.24) is 14.9 Å². The summed E-state index contributed by atoms with van der Waals surface area (Å²) in [6.07, 6.45) is 1.26. The predicted octanol–water partition coefficient (Wildman–Crippen LogP) is 3.28. The van der Waals surface area contributed by atoms with E-state index in [-0.39, 0.29) is 17.8 Å². The number of piperidine rings is 1. The normalized spacial score (nSPS) is 15.9. The lowest BCUT2D eigenvalue weighted by Crippen LogP contribution is -2.44. The molecule has 0 radical (unpaired) electrons. The third-order valence-electron chi connectivity index (χ3n) is 4.16. The Morgan fingerprint density at radius 3 is 2.69 bits per heavy atom. The Hall–Kier alpha value is -2.84. The molecule has 1 aromatic carbocycles. The Labute approximate surface area is 150 Å². The number of benzene rings is 1. The molecule has 2 aromatic rings. The fraction of sp³-hybridized carbons (Fsp3) is 0.529. The summed E-state index contributed by atoms with van der Waals surface area (Å²) in [5.74, 6) is 0.580. The molecule has 0 spiro atoms. The highest BCUT2D eigenvalue weighted by Crippen LogP contribution is 2.22. The molecule has 0 saturated carbocycles. The van der Waals surface area contributed by atoms with Crippen LogP contribution in [0.1, 0.15) is 33.6 Å². The Kier molecular flexibility index (Phi) is 4.71. The minimum Gasteiger partial charge on any atom is -0.444 e. The average molecular weight is 361 g/mol. The number of ether oxygens (including phenoxy) is 1. The van der Waals surface area contributed by atoms with Gasteiger partial charge in [0.1, 0.15) is 5.60 Å². The molecule has 2 N–H and O–H groups in total. The number of carbonyl (C=O) groups is 1. The van der Waals surface area contributed by atoms with E-state index in [9.17, 15) is 14.9 Å². The lowest BCUT2D eigenvalue weighted by molar-refractivity contribution is -0.384. The van der Waals surface area contributed by atoms with E-state index in [2.05, 4.69) is 15.3 Å². The highest BCUT2D eigenvalue weighted by atomic mass is 16.6. The molecule has 1 aliphatic rings. The second-order valence-electron chi connectivity index (χ2n) is 7.43. The number of non-ortho nitro benzene ring substituents is 1. The molecule has 1 amide bonds. The number of hydrogen-bond donors (Lipinski definition) is 2. The van der Waals surface area contributed by atoms with Crippen molar-refractivity contribution < 1.29 is 14.5 Å². The van der Waals surface area contributed by atoms with Gasteiger partial charge in [0.25, 0.3) is 5.69 Å². The number of nitrogens with one attached hydrogen (secondary N) is 2. The maximum atomic E-state index is 12.1. The average Bonchev–Trinajstić information content (AvgIpc) is 2.95. The van der Waals surface area contributed by atoms with E-state index in [1.807, 2.05) is 20.8 Å². The van der Waals surface area contributed by atoms with Crippen LogP contribution in [-0.4, -0.2) is 50.6 Å². The van der Waals surface area contributed by atoms with Crippen LogP contribution in [0.25, 0.3) is 11.0 Å². The summed E-state index contributed by atoms with van der Waals surface area (Å²) < 4.78 is 5.39. The van der Waals surface area contributed by atoms with Crippen LogP contribution in [0.4, 0.5) is 16.4 Å². The summed E-state index contributed by atoms with van der Waals surface area (Å²) in [7, 11) is 0. The van der Waals surface area contributed by atoms with E-state index in [0.29, 0.717) is 30.1 Å². The van der Waals surface area contributed by atoms with Gasteiger partial charge in [-0.25, -0.2) is 9.78 Å². The number of nitro benzene ring substituents is 1.